The van der Waals surface area contributed by atoms with Crippen molar-refractivity contribution in [2.45, 2.75) is 18.2 Å². The molecule has 0 unspecified atom stereocenters. The summed E-state index contributed by atoms with van der Waals surface area (Å²) in [4.78, 5) is 26.5. The molecule has 21 heavy (non-hydrogen) atoms. The van der Waals surface area contributed by atoms with Crippen LogP contribution in [0.25, 0.3) is 0 Å². The monoisotopic (exact) mass is 285 g/mol. The van der Waals surface area contributed by atoms with E-state index in [0.717, 1.165) is 5.56 Å². The summed E-state index contributed by atoms with van der Waals surface area (Å²) in [5.41, 5.74) is -0.0912. The third-order valence-electron chi connectivity index (χ3n) is 4.68. The summed E-state index contributed by atoms with van der Waals surface area (Å²) >= 11 is 0. The van der Waals surface area contributed by atoms with E-state index in [1.54, 1.807) is 12.2 Å². The topological polar surface area (TPSA) is 66.8 Å². The van der Waals surface area contributed by atoms with Crippen molar-refractivity contribution in [2.24, 2.45) is 11.8 Å². The van der Waals surface area contributed by atoms with E-state index >= 15 is 0 Å². The summed E-state index contributed by atoms with van der Waals surface area (Å²) in [6, 6.07) is 9.43. The molecular weight excluding hydrogens is 270 g/mol. The molecule has 1 N–H and O–H groups in total. The predicted octanol–water partition coefficient (Wildman–Crippen LogP) is 0.487. The molecule has 2 bridgehead atoms. The quantitative estimate of drug-likeness (QED) is 0.648. The number of carbonyl (C=O) groups is 2. The van der Waals surface area contributed by atoms with Crippen LogP contribution in [-0.2, 0) is 20.9 Å². The van der Waals surface area contributed by atoms with E-state index in [2.05, 4.69) is 0 Å². The van der Waals surface area contributed by atoms with Crippen LogP contribution in [0.15, 0.2) is 42.5 Å². The lowest BCUT2D eigenvalue weighted by Gasteiger charge is -2.26. The molecule has 0 spiro atoms. The van der Waals surface area contributed by atoms with Crippen molar-refractivity contribution in [1.82, 2.24) is 4.90 Å². The van der Waals surface area contributed by atoms with Gasteiger partial charge in [0.05, 0.1) is 31.1 Å². The van der Waals surface area contributed by atoms with E-state index in [0.29, 0.717) is 0 Å². The lowest BCUT2D eigenvalue weighted by molar-refractivity contribution is -0.146. The van der Waals surface area contributed by atoms with Crippen LogP contribution in [0.3, 0.4) is 0 Å². The van der Waals surface area contributed by atoms with Gasteiger partial charge < -0.3 is 9.84 Å². The Bertz CT molecular complexity index is 641. The molecule has 0 aliphatic carbocycles. The Kier molecular flexibility index (Phi) is 2.58. The average molecular weight is 285 g/mol. The van der Waals surface area contributed by atoms with Crippen LogP contribution < -0.4 is 0 Å². The van der Waals surface area contributed by atoms with E-state index < -0.39 is 17.4 Å². The first-order valence-corrected chi connectivity index (χ1v) is 7.03. The highest BCUT2D eigenvalue weighted by atomic mass is 16.5. The van der Waals surface area contributed by atoms with Crippen LogP contribution in [0.1, 0.15) is 5.56 Å². The Morgan fingerprint density at radius 3 is 2.67 bits per heavy atom. The van der Waals surface area contributed by atoms with Gasteiger partial charge in [-0.05, 0) is 5.56 Å². The minimum atomic E-state index is -1.01. The second-order valence-electron chi connectivity index (χ2n) is 5.81. The zero-order valence-corrected chi connectivity index (χ0v) is 11.3. The number of amides is 2. The zero-order chi connectivity index (χ0) is 14.6. The summed E-state index contributed by atoms with van der Waals surface area (Å²) in [5.74, 6) is -1.51. The number of likely N-dealkylation sites (tertiary alicyclic amines) is 1. The van der Waals surface area contributed by atoms with Gasteiger partial charge in [-0.2, -0.15) is 0 Å². The molecule has 5 heteroatoms. The number of ether oxygens (including phenoxy) is 1. The number of aliphatic hydroxyl groups excluding tert-OH is 1. The standard InChI is InChI=1S/C16H15NO4/c18-9-16-7-6-11(21-16)12-13(16)15(20)17(14(12)19)8-10-4-2-1-3-5-10/h1-7,11-13,18H,8-9H2/t11-,12-,13-,16-/m0/s1. The Balaban J connectivity index is 1.66. The van der Waals surface area contributed by atoms with E-state index in [9.17, 15) is 14.7 Å². The highest BCUT2D eigenvalue weighted by Gasteiger charge is 2.67. The van der Waals surface area contributed by atoms with Crippen molar-refractivity contribution in [3.05, 3.63) is 48.0 Å². The zero-order valence-electron chi connectivity index (χ0n) is 11.3. The molecule has 5 nitrogen and oxygen atoms in total. The van der Waals surface area contributed by atoms with Crippen LogP contribution in [0.4, 0.5) is 0 Å². The van der Waals surface area contributed by atoms with Crippen LogP contribution in [0, 0.1) is 11.8 Å². The predicted molar refractivity (Wildman–Crippen MR) is 72.8 cm³/mol. The number of hydrogen-bond acceptors (Lipinski definition) is 4. The molecule has 0 saturated carbocycles. The van der Waals surface area contributed by atoms with Gasteiger partial charge in [-0.15, -0.1) is 0 Å². The largest absolute Gasteiger partial charge is 0.393 e. The molecule has 3 aliphatic rings. The molecule has 108 valence electrons. The fourth-order valence-electron chi connectivity index (χ4n) is 3.67. The van der Waals surface area contributed by atoms with Crippen molar-refractivity contribution in [3.8, 4) is 0 Å². The number of carbonyl (C=O) groups excluding carboxylic acids is 2. The SMILES string of the molecule is O=C1[C@H]2[C@@H]3C=C[C@@](CO)(O3)[C@@H]2C(=O)N1Cc1ccccc1. The number of aliphatic hydroxyl groups is 1. The summed E-state index contributed by atoms with van der Waals surface area (Å²) in [6.07, 6.45) is 3.13. The van der Waals surface area contributed by atoms with E-state index in [-0.39, 0.29) is 31.1 Å². The normalized spacial score (nSPS) is 36.6. The number of rotatable bonds is 3. The second-order valence-corrected chi connectivity index (χ2v) is 5.81. The van der Waals surface area contributed by atoms with Gasteiger partial charge in [0, 0.05) is 0 Å². The number of nitrogens with zero attached hydrogens (tertiary/aromatic N) is 1. The Labute approximate surface area is 121 Å². The third kappa shape index (κ3) is 1.58. The number of imide groups is 1. The van der Waals surface area contributed by atoms with Crippen LogP contribution >= 0.6 is 0 Å². The van der Waals surface area contributed by atoms with E-state index in [1.165, 1.54) is 4.90 Å². The van der Waals surface area contributed by atoms with Crippen LogP contribution in [0.5, 0.6) is 0 Å². The summed E-state index contributed by atoms with van der Waals surface area (Å²) < 4.78 is 5.69. The molecule has 0 radical (unpaired) electrons. The number of fused-ring (bicyclic) bond motifs is 5. The van der Waals surface area contributed by atoms with Crippen molar-refractivity contribution in [3.63, 3.8) is 0 Å². The van der Waals surface area contributed by atoms with E-state index in [4.69, 9.17) is 4.74 Å². The van der Waals surface area contributed by atoms with Gasteiger partial charge in [0.15, 0.2) is 0 Å². The first-order chi connectivity index (χ1) is 10.2. The minimum absolute atomic E-state index is 0.196. The maximum absolute atomic E-state index is 12.6. The Hall–Kier alpha value is -1.98. The fourth-order valence-corrected chi connectivity index (χ4v) is 3.67. The van der Waals surface area contributed by atoms with Gasteiger partial charge in [0.1, 0.15) is 5.60 Å². The first-order valence-electron chi connectivity index (χ1n) is 7.03. The summed E-state index contributed by atoms with van der Waals surface area (Å²) in [7, 11) is 0. The molecule has 1 aromatic rings. The Morgan fingerprint density at radius 1 is 1.19 bits per heavy atom. The lowest BCUT2D eigenvalue weighted by atomic mass is 9.77. The number of benzene rings is 1. The molecule has 2 amide bonds. The van der Waals surface area contributed by atoms with Gasteiger partial charge >= 0.3 is 0 Å². The van der Waals surface area contributed by atoms with Gasteiger partial charge in [-0.3, -0.25) is 14.5 Å². The van der Waals surface area contributed by atoms with Crippen molar-refractivity contribution >= 4 is 11.8 Å². The number of hydrogen-bond donors (Lipinski definition) is 1. The molecule has 4 rings (SSSR count). The first kappa shape index (κ1) is 12.7. The van der Waals surface area contributed by atoms with Crippen molar-refractivity contribution < 1.29 is 19.4 Å². The molecule has 2 fully saturated rings. The molecular formula is C16H15NO4. The maximum Gasteiger partial charge on any atom is 0.236 e. The fraction of sp³-hybridized carbons (Fsp3) is 0.375. The molecule has 4 atom stereocenters. The van der Waals surface area contributed by atoms with Crippen molar-refractivity contribution in [1.29, 1.82) is 0 Å². The van der Waals surface area contributed by atoms with Gasteiger partial charge in [-0.1, -0.05) is 42.5 Å². The molecule has 0 aromatic heterocycles. The average Bonchev–Trinajstić information content (AvgIpc) is 3.15. The summed E-state index contributed by atoms with van der Waals surface area (Å²) in [6.45, 7) is -0.000894. The van der Waals surface area contributed by atoms with E-state index in [1.807, 2.05) is 30.3 Å². The lowest BCUT2D eigenvalue weighted by Crippen LogP contribution is -2.43. The van der Waals surface area contributed by atoms with Crippen LogP contribution in [0.2, 0.25) is 0 Å². The van der Waals surface area contributed by atoms with Gasteiger partial charge in [0.2, 0.25) is 11.8 Å². The maximum atomic E-state index is 12.6. The molecule has 3 heterocycles. The van der Waals surface area contributed by atoms with Crippen LogP contribution in [-0.4, -0.2) is 40.1 Å². The third-order valence-corrected chi connectivity index (χ3v) is 4.68. The second kappa shape index (κ2) is 4.26. The highest BCUT2D eigenvalue weighted by molar-refractivity contribution is 6.07. The van der Waals surface area contributed by atoms with Crippen molar-refractivity contribution in [2.75, 3.05) is 6.61 Å². The summed E-state index contributed by atoms with van der Waals surface area (Å²) in [5, 5.41) is 9.61. The smallest absolute Gasteiger partial charge is 0.236 e. The minimum Gasteiger partial charge on any atom is -0.393 e. The molecule has 1 aromatic carbocycles. The molecule has 2 saturated heterocycles. The van der Waals surface area contributed by atoms with Gasteiger partial charge in [-0.25, -0.2) is 0 Å². The highest BCUT2D eigenvalue weighted by Crippen LogP contribution is 2.51. The molecule has 3 aliphatic heterocycles. The Morgan fingerprint density at radius 2 is 1.95 bits per heavy atom. The van der Waals surface area contributed by atoms with Gasteiger partial charge in [0.25, 0.3) is 0 Å².